The van der Waals surface area contributed by atoms with Crippen molar-refractivity contribution in [2.24, 2.45) is 0 Å². The monoisotopic (exact) mass is 486 g/mol. The van der Waals surface area contributed by atoms with Crippen molar-refractivity contribution in [3.63, 3.8) is 0 Å². The van der Waals surface area contributed by atoms with Crippen LogP contribution in [-0.2, 0) is 23.9 Å². The molecule has 0 aromatic heterocycles. The molecule has 1 aliphatic heterocycles. The number of dihydropyridines is 1. The predicted molar refractivity (Wildman–Crippen MR) is 132 cm³/mol. The topological polar surface area (TPSA) is 125 Å². The molecule has 1 aromatic rings. The quantitative estimate of drug-likeness (QED) is 0.260. The van der Waals surface area contributed by atoms with E-state index in [0.29, 0.717) is 30.0 Å². The van der Waals surface area contributed by atoms with E-state index < -0.39 is 29.4 Å². The number of carboxylic acid groups (broad SMARTS) is 2. The van der Waals surface area contributed by atoms with Gasteiger partial charge in [0.25, 0.3) is 0 Å². The number of carbonyl (C=O) groups is 3. The molecule has 9 nitrogen and oxygen atoms in total. The van der Waals surface area contributed by atoms with Crippen LogP contribution < -0.4 is 5.32 Å². The number of hydrogen-bond donors (Lipinski definition) is 3. The lowest BCUT2D eigenvalue weighted by Gasteiger charge is -2.31. The van der Waals surface area contributed by atoms with Gasteiger partial charge in [-0.3, -0.25) is 0 Å². The van der Waals surface area contributed by atoms with Crippen molar-refractivity contribution < 1.29 is 34.1 Å². The smallest absolute Gasteiger partial charge is 0.334 e. The number of allylic oxidation sites excluding steroid dienone is 1. The fraction of sp³-hybridized carbons (Fsp3) is 0.423. The molecule has 1 atom stereocenters. The van der Waals surface area contributed by atoms with Gasteiger partial charge in [0.1, 0.15) is 5.60 Å². The number of hydrogen-bond acceptors (Lipinski definition) is 7. The summed E-state index contributed by atoms with van der Waals surface area (Å²) in [7, 11) is 3.79. The normalized spacial score (nSPS) is 16.6. The van der Waals surface area contributed by atoms with E-state index in [-0.39, 0.29) is 23.5 Å². The van der Waals surface area contributed by atoms with Gasteiger partial charge in [0.05, 0.1) is 36.0 Å². The van der Waals surface area contributed by atoms with Gasteiger partial charge < -0.3 is 29.9 Å². The summed E-state index contributed by atoms with van der Waals surface area (Å²) in [6.45, 7) is 7.84. The van der Waals surface area contributed by atoms with E-state index in [2.05, 4.69) is 5.32 Å². The third-order valence-corrected chi connectivity index (χ3v) is 5.15. The van der Waals surface area contributed by atoms with E-state index in [1.165, 1.54) is 12.2 Å². The lowest BCUT2D eigenvalue weighted by Crippen LogP contribution is -2.34. The van der Waals surface area contributed by atoms with Crippen molar-refractivity contribution >= 4 is 24.0 Å². The third kappa shape index (κ3) is 7.80. The first-order valence-corrected chi connectivity index (χ1v) is 11.2. The second-order valence-electron chi connectivity index (χ2n) is 9.45. The van der Waals surface area contributed by atoms with Crippen LogP contribution in [0, 0.1) is 0 Å². The first-order valence-electron chi connectivity index (χ1n) is 11.2. The molecular formula is C26H34N2O7. The average Bonchev–Trinajstić information content (AvgIpc) is 2.73. The first-order chi connectivity index (χ1) is 16.3. The number of carbonyl (C=O) groups excluding carboxylic acids is 1. The van der Waals surface area contributed by atoms with E-state index in [4.69, 9.17) is 9.47 Å². The largest absolute Gasteiger partial charge is 0.478 e. The maximum atomic E-state index is 12.4. The van der Waals surface area contributed by atoms with E-state index in [9.17, 15) is 24.6 Å². The van der Waals surface area contributed by atoms with Crippen LogP contribution in [0.5, 0.6) is 0 Å². The Labute approximate surface area is 205 Å². The SMILES string of the molecule is CC1=C(C(=O)O)C(c2ccccc2C=CC(=O)OC(C)(C)C)C(C(=O)O)=C(COCCN(C)C)N1. The van der Waals surface area contributed by atoms with Crippen LogP contribution in [-0.4, -0.2) is 72.5 Å². The first kappa shape index (κ1) is 27.8. The maximum absolute atomic E-state index is 12.4. The summed E-state index contributed by atoms with van der Waals surface area (Å²) in [5.41, 5.74) is 0.678. The molecule has 2 rings (SSSR count). The van der Waals surface area contributed by atoms with E-state index >= 15 is 0 Å². The highest BCUT2D eigenvalue weighted by Gasteiger charge is 2.38. The second kappa shape index (κ2) is 11.8. The van der Waals surface area contributed by atoms with Crippen LogP contribution in [0.25, 0.3) is 6.08 Å². The summed E-state index contributed by atoms with van der Waals surface area (Å²) in [6, 6.07) is 6.78. The summed E-state index contributed by atoms with van der Waals surface area (Å²) in [5, 5.41) is 23.1. The molecule has 3 N–H and O–H groups in total. The van der Waals surface area contributed by atoms with Gasteiger partial charge in [-0.2, -0.15) is 0 Å². The molecule has 0 bridgehead atoms. The molecule has 0 fully saturated rings. The Morgan fingerprint density at radius 2 is 1.71 bits per heavy atom. The molecule has 1 heterocycles. The molecule has 0 saturated heterocycles. The van der Waals surface area contributed by atoms with Crippen molar-refractivity contribution in [3.8, 4) is 0 Å². The number of esters is 1. The summed E-state index contributed by atoms with van der Waals surface area (Å²) >= 11 is 0. The minimum Gasteiger partial charge on any atom is -0.478 e. The van der Waals surface area contributed by atoms with Crippen molar-refractivity contribution in [2.75, 3.05) is 33.9 Å². The van der Waals surface area contributed by atoms with E-state index in [0.717, 1.165) is 0 Å². The van der Waals surface area contributed by atoms with E-state index in [1.54, 1.807) is 52.0 Å². The van der Waals surface area contributed by atoms with Gasteiger partial charge in [0, 0.05) is 18.3 Å². The second-order valence-corrected chi connectivity index (χ2v) is 9.45. The van der Waals surface area contributed by atoms with Gasteiger partial charge >= 0.3 is 17.9 Å². The maximum Gasteiger partial charge on any atom is 0.334 e. The van der Waals surface area contributed by atoms with Crippen LogP contribution >= 0.6 is 0 Å². The minimum atomic E-state index is -1.26. The summed E-state index contributed by atoms with van der Waals surface area (Å²) in [4.78, 5) is 38.8. The van der Waals surface area contributed by atoms with Gasteiger partial charge in [-0.15, -0.1) is 0 Å². The number of ether oxygens (including phenoxy) is 2. The Kier molecular flexibility index (Phi) is 9.39. The Morgan fingerprint density at radius 1 is 1.09 bits per heavy atom. The van der Waals surface area contributed by atoms with Gasteiger partial charge in [-0.05, 0) is 59.0 Å². The Hall–Kier alpha value is -3.43. The highest BCUT2D eigenvalue weighted by molar-refractivity contribution is 5.99. The van der Waals surface area contributed by atoms with Crippen LogP contribution in [0.2, 0.25) is 0 Å². The fourth-order valence-electron chi connectivity index (χ4n) is 3.70. The number of likely N-dealkylation sites (N-methyl/N-ethyl adjacent to an activating group) is 1. The number of carboxylic acids is 2. The number of rotatable bonds is 10. The standard InChI is InChI=1S/C26H34N2O7/c1-16-21(24(30)31)22(23(25(32)33)19(27-16)15-34-14-13-28(5)6)18-10-8-7-9-17(18)11-12-20(29)35-26(2,3)4/h7-12,22,27H,13-15H2,1-6H3,(H,30,31)(H,32,33). The minimum absolute atomic E-state index is 0.0217. The van der Waals surface area contributed by atoms with Crippen molar-refractivity contribution in [1.29, 1.82) is 0 Å². The molecule has 1 unspecified atom stereocenters. The van der Waals surface area contributed by atoms with Crippen molar-refractivity contribution in [3.05, 3.63) is 64.0 Å². The van der Waals surface area contributed by atoms with Crippen molar-refractivity contribution in [2.45, 2.75) is 39.2 Å². The van der Waals surface area contributed by atoms with Crippen LogP contribution in [0.1, 0.15) is 44.7 Å². The highest BCUT2D eigenvalue weighted by atomic mass is 16.6. The zero-order valence-corrected chi connectivity index (χ0v) is 21.0. The number of aliphatic carboxylic acids is 2. The predicted octanol–water partition coefficient (Wildman–Crippen LogP) is 3.00. The number of nitrogens with zero attached hydrogens (tertiary/aromatic N) is 1. The summed E-state index contributed by atoms with van der Waals surface area (Å²) in [6.07, 6.45) is 2.75. The van der Waals surface area contributed by atoms with Crippen LogP contribution in [0.15, 0.2) is 52.9 Å². The lowest BCUT2D eigenvalue weighted by atomic mass is 9.78. The molecule has 0 radical (unpaired) electrons. The van der Waals surface area contributed by atoms with Gasteiger partial charge in [0.2, 0.25) is 0 Å². The molecule has 0 saturated carbocycles. The molecule has 35 heavy (non-hydrogen) atoms. The lowest BCUT2D eigenvalue weighted by molar-refractivity contribution is -0.148. The fourth-order valence-corrected chi connectivity index (χ4v) is 3.70. The number of nitrogens with one attached hydrogen (secondary N) is 1. The van der Waals surface area contributed by atoms with E-state index in [1.807, 2.05) is 19.0 Å². The van der Waals surface area contributed by atoms with Crippen LogP contribution in [0.4, 0.5) is 0 Å². The van der Waals surface area contributed by atoms with Crippen molar-refractivity contribution in [1.82, 2.24) is 10.2 Å². The van der Waals surface area contributed by atoms with Crippen LogP contribution in [0.3, 0.4) is 0 Å². The molecule has 0 spiro atoms. The zero-order chi connectivity index (χ0) is 26.3. The van der Waals surface area contributed by atoms with Gasteiger partial charge in [-0.25, -0.2) is 14.4 Å². The molecule has 0 aliphatic carbocycles. The molecule has 1 aliphatic rings. The Bertz CT molecular complexity index is 1060. The zero-order valence-electron chi connectivity index (χ0n) is 21.0. The average molecular weight is 487 g/mol. The Balaban J connectivity index is 2.56. The molecule has 9 heteroatoms. The summed E-state index contributed by atoms with van der Waals surface area (Å²) in [5.74, 6) is -4.15. The van der Waals surface area contributed by atoms with Gasteiger partial charge in [-0.1, -0.05) is 24.3 Å². The highest BCUT2D eigenvalue weighted by Crippen LogP contribution is 2.40. The Morgan fingerprint density at radius 3 is 2.29 bits per heavy atom. The molecular weight excluding hydrogens is 452 g/mol. The van der Waals surface area contributed by atoms with Gasteiger partial charge in [0.15, 0.2) is 0 Å². The molecule has 190 valence electrons. The number of benzene rings is 1. The third-order valence-electron chi connectivity index (χ3n) is 5.15. The molecule has 1 aromatic carbocycles. The summed E-state index contributed by atoms with van der Waals surface area (Å²) < 4.78 is 11.0. The molecule has 0 amide bonds.